The van der Waals surface area contributed by atoms with Crippen molar-refractivity contribution in [3.05, 3.63) is 48.1 Å². The van der Waals surface area contributed by atoms with Crippen LogP contribution in [0.3, 0.4) is 0 Å². The SMILES string of the molecule is C=CC1=C(C=CC)CC=C1. The molecule has 0 spiro atoms. The van der Waals surface area contributed by atoms with Crippen LogP contribution in [0, 0.1) is 0 Å². The summed E-state index contributed by atoms with van der Waals surface area (Å²) in [6, 6.07) is 0. The minimum atomic E-state index is 1.06. The van der Waals surface area contributed by atoms with Gasteiger partial charge in [0.25, 0.3) is 0 Å². The zero-order valence-electron chi connectivity index (χ0n) is 6.30. The maximum atomic E-state index is 3.73. The van der Waals surface area contributed by atoms with Crippen LogP contribution in [0.25, 0.3) is 0 Å². The molecule has 0 fully saturated rings. The average Bonchev–Trinajstić information content (AvgIpc) is 2.36. The van der Waals surface area contributed by atoms with Gasteiger partial charge in [-0.2, -0.15) is 0 Å². The van der Waals surface area contributed by atoms with Crippen LogP contribution in [-0.4, -0.2) is 0 Å². The normalized spacial score (nSPS) is 17.3. The molecule has 0 nitrogen and oxygen atoms in total. The molecule has 0 amide bonds. The van der Waals surface area contributed by atoms with Gasteiger partial charge in [-0.1, -0.05) is 37.0 Å². The van der Waals surface area contributed by atoms with E-state index in [1.807, 2.05) is 13.0 Å². The second kappa shape index (κ2) is 3.21. The Labute approximate surface area is 62.3 Å². The van der Waals surface area contributed by atoms with Gasteiger partial charge in [0, 0.05) is 0 Å². The van der Waals surface area contributed by atoms with Crippen molar-refractivity contribution in [1.29, 1.82) is 0 Å². The van der Waals surface area contributed by atoms with Crippen molar-refractivity contribution in [2.75, 3.05) is 0 Å². The summed E-state index contributed by atoms with van der Waals surface area (Å²) in [6.07, 6.45) is 11.4. The summed E-state index contributed by atoms with van der Waals surface area (Å²) in [7, 11) is 0. The van der Waals surface area contributed by atoms with E-state index in [0.717, 1.165) is 6.42 Å². The molecule has 1 aliphatic carbocycles. The lowest BCUT2D eigenvalue weighted by atomic mass is 10.1. The smallest absolute Gasteiger partial charge is 0.00883 e. The van der Waals surface area contributed by atoms with E-state index in [4.69, 9.17) is 0 Å². The lowest BCUT2D eigenvalue weighted by Gasteiger charge is -1.93. The monoisotopic (exact) mass is 132 g/mol. The van der Waals surface area contributed by atoms with Crippen LogP contribution < -0.4 is 0 Å². The van der Waals surface area contributed by atoms with Crippen molar-refractivity contribution in [2.45, 2.75) is 13.3 Å². The Kier molecular flexibility index (Phi) is 2.27. The maximum Gasteiger partial charge on any atom is -0.00883 e. The Balaban J connectivity index is 2.84. The molecule has 0 heterocycles. The van der Waals surface area contributed by atoms with Crippen LogP contribution in [0.4, 0.5) is 0 Å². The maximum absolute atomic E-state index is 3.73. The molecule has 0 aromatic carbocycles. The van der Waals surface area contributed by atoms with Gasteiger partial charge < -0.3 is 0 Å². The van der Waals surface area contributed by atoms with Crippen LogP contribution >= 0.6 is 0 Å². The molecule has 1 aliphatic rings. The fourth-order valence-corrected chi connectivity index (χ4v) is 1.10. The average molecular weight is 132 g/mol. The van der Waals surface area contributed by atoms with Crippen molar-refractivity contribution in [3.63, 3.8) is 0 Å². The summed E-state index contributed by atoms with van der Waals surface area (Å²) in [6.45, 7) is 5.77. The topological polar surface area (TPSA) is 0 Å². The first-order valence-corrected chi connectivity index (χ1v) is 3.53. The number of allylic oxidation sites excluding steroid dienone is 7. The Morgan fingerprint density at radius 2 is 2.40 bits per heavy atom. The van der Waals surface area contributed by atoms with Gasteiger partial charge in [0.1, 0.15) is 0 Å². The van der Waals surface area contributed by atoms with Gasteiger partial charge >= 0.3 is 0 Å². The molecule has 0 unspecified atom stereocenters. The molecule has 10 heavy (non-hydrogen) atoms. The lowest BCUT2D eigenvalue weighted by Crippen LogP contribution is -1.74. The van der Waals surface area contributed by atoms with E-state index in [-0.39, 0.29) is 0 Å². The Hall–Kier alpha value is -1.04. The van der Waals surface area contributed by atoms with E-state index in [0.29, 0.717) is 0 Å². The van der Waals surface area contributed by atoms with Gasteiger partial charge in [-0.25, -0.2) is 0 Å². The third-order valence-electron chi connectivity index (χ3n) is 1.59. The van der Waals surface area contributed by atoms with Crippen LogP contribution in [0.2, 0.25) is 0 Å². The summed E-state index contributed by atoms with van der Waals surface area (Å²) < 4.78 is 0. The van der Waals surface area contributed by atoms with Gasteiger partial charge in [0.05, 0.1) is 0 Å². The predicted octanol–water partition coefficient (Wildman–Crippen LogP) is 3.01. The zero-order chi connectivity index (χ0) is 7.40. The van der Waals surface area contributed by atoms with Gasteiger partial charge in [-0.3, -0.25) is 0 Å². The number of hydrogen-bond acceptors (Lipinski definition) is 0. The first-order valence-electron chi connectivity index (χ1n) is 3.53. The number of rotatable bonds is 2. The lowest BCUT2D eigenvalue weighted by molar-refractivity contribution is 1.31. The van der Waals surface area contributed by atoms with E-state index < -0.39 is 0 Å². The molecule has 0 aromatic heterocycles. The molecule has 0 saturated carbocycles. The highest BCUT2D eigenvalue weighted by atomic mass is 14.1. The van der Waals surface area contributed by atoms with Crippen molar-refractivity contribution >= 4 is 0 Å². The third kappa shape index (κ3) is 1.27. The molecular formula is C10H12. The highest BCUT2D eigenvalue weighted by Gasteiger charge is 2.00. The second-order valence-corrected chi connectivity index (χ2v) is 2.29. The molecule has 0 aliphatic heterocycles. The quantitative estimate of drug-likeness (QED) is 0.541. The second-order valence-electron chi connectivity index (χ2n) is 2.29. The molecule has 0 aromatic rings. The molecule has 0 heteroatoms. The summed E-state index contributed by atoms with van der Waals surface area (Å²) in [5.41, 5.74) is 2.63. The Morgan fingerprint density at radius 1 is 1.60 bits per heavy atom. The standard InChI is InChI=1S/C10H12/c1-3-6-10-8-5-7-9(10)4-2/h3-7H,2,8H2,1H3. The summed E-state index contributed by atoms with van der Waals surface area (Å²) in [5.74, 6) is 0. The van der Waals surface area contributed by atoms with E-state index in [1.165, 1.54) is 11.1 Å². The van der Waals surface area contributed by atoms with E-state index in [1.54, 1.807) is 0 Å². The zero-order valence-corrected chi connectivity index (χ0v) is 6.30. The first kappa shape index (κ1) is 7.07. The van der Waals surface area contributed by atoms with E-state index in [2.05, 4.69) is 30.9 Å². The van der Waals surface area contributed by atoms with Crippen molar-refractivity contribution in [2.24, 2.45) is 0 Å². The van der Waals surface area contributed by atoms with Gasteiger partial charge in [0.15, 0.2) is 0 Å². The molecule has 1 rings (SSSR count). The minimum Gasteiger partial charge on any atom is -0.0985 e. The molecule has 0 radical (unpaired) electrons. The minimum absolute atomic E-state index is 1.06. The van der Waals surface area contributed by atoms with Crippen LogP contribution in [-0.2, 0) is 0 Å². The highest BCUT2D eigenvalue weighted by Crippen LogP contribution is 2.20. The fourth-order valence-electron chi connectivity index (χ4n) is 1.10. The van der Waals surface area contributed by atoms with Gasteiger partial charge in [0.2, 0.25) is 0 Å². The van der Waals surface area contributed by atoms with Crippen LogP contribution in [0.5, 0.6) is 0 Å². The molecule has 52 valence electrons. The fraction of sp³-hybridized carbons (Fsp3) is 0.200. The van der Waals surface area contributed by atoms with Gasteiger partial charge in [-0.05, 0) is 24.5 Å². The third-order valence-corrected chi connectivity index (χ3v) is 1.59. The largest absolute Gasteiger partial charge is 0.0985 e. The molecular weight excluding hydrogens is 120 g/mol. The van der Waals surface area contributed by atoms with E-state index >= 15 is 0 Å². The van der Waals surface area contributed by atoms with E-state index in [9.17, 15) is 0 Å². The van der Waals surface area contributed by atoms with Gasteiger partial charge in [-0.15, -0.1) is 0 Å². The molecule has 0 atom stereocenters. The first-order chi connectivity index (χ1) is 4.88. The summed E-state index contributed by atoms with van der Waals surface area (Å²) in [4.78, 5) is 0. The summed E-state index contributed by atoms with van der Waals surface area (Å²) in [5, 5.41) is 0. The molecule has 0 saturated heterocycles. The predicted molar refractivity (Wildman–Crippen MR) is 45.8 cm³/mol. The highest BCUT2D eigenvalue weighted by molar-refractivity contribution is 5.45. The van der Waals surface area contributed by atoms with Crippen LogP contribution in [0.15, 0.2) is 48.1 Å². The molecule has 0 N–H and O–H groups in total. The van der Waals surface area contributed by atoms with Crippen molar-refractivity contribution in [3.8, 4) is 0 Å². The van der Waals surface area contributed by atoms with Crippen LogP contribution in [0.1, 0.15) is 13.3 Å². The number of hydrogen-bond donors (Lipinski definition) is 0. The Bertz CT molecular complexity index is 214. The summed E-state index contributed by atoms with van der Waals surface area (Å²) >= 11 is 0. The van der Waals surface area contributed by atoms with Crippen molar-refractivity contribution in [1.82, 2.24) is 0 Å². The Morgan fingerprint density at radius 3 is 3.00 bits per heavy atom. The molecule has 0 bridgehead atoms. The van der Waals surface area contributed by atoms with Crippen molar-refractivity contribution < 1.29 is 0 Å².